The highest BCUT2D eigenvalue weighted by molar-refractivity contribution is 7.89. The highest BCUT2D eigenvalue weighted by Gasteiger charge is 2.19. The van der Waals surface area contributed by atoms with Crippen LogP contribution in [0.3, 0.4) is 0 Å². The first-order chi connectivity index (χ1) is 9.20. The van der Waals surface area contributed by atoms with Gasteiger partial charge in [0, 0.05) is 0 Å². The molecule has 0 fully saturated rings. The minimum Gasteiger partial charge on any atom is -0.475 e. The third kappa shape index (κ3) is 3.71. The van der Waals surface area contributed by atoms with Gasteiger partial charge in [0.15, 0.2) is 6.10 Å². The van der Waals surface area contributed by atoms with Crippen LogP contribution in [0.4, 0.5) is 0 Å². The van der Waals surface area contributed by atoms with Crippen LogP contribution in [-0.4, -0.2) is 14.5 Å². The van der Waals surface area contributed by atoms with Gasteiger partial charge in [0.1, 0.15) is 11.8 Å². The summed E-state index contributed by atoms with van der Waals surface area (Å²) in [5.41, 5.74) is 1.24. The molecule has 1 rings (SSSR count). The van der Waals surface area contributed by atoms with Crippen molar-refractivity contribution in [2.45, 2.75) is 51.0 Å². The summed E-state index contributed by atoms with van der Waals surface area (Å²) in [5.74, 6) is 0.598. The molecular formula is C14H20N2O3S. The molecule has 0 aliphatic carbocycles. The molecule has 0 radical (unpaired) electrons. The second-order valence-corrected chi connectivity index (χ2v) is 6.53. The lowest BCUT2D eigenvalue weighted by Crippen LogP contribution is -2.17. The normalized spacial score (nSPS) is 13.1. The SMILES string of the molecule is CCC(C#N)Oc1cc(C)c(S(N)(=O)=O)cc1C(C)C. The molecular weight excluding hydrogens is 276 g/mol. The van der Waals surface area contributed by atoms with Crippen LogP contribution >= 0.6 is 0 Å². The summed E-state index contributed by atoms with van der Waals surface area (Å²) in [6.45, 7) is 7.37. The number of nitriles is 1. The minimum absolute atomic E-state index is 0.0577. The van der Waals surface area contributed by atoms with E-state index < -0.39 is 16.1 Å². The number of rotatable bonds is 5. The molecule has 0 saturated heterocycles. The van der Waals surface area contributed by atoms with Crippen molar-refractivity contribution in [3.05, 3.63) is 23.3 Å². The first-order valence-electron chi connectivity index (χ1n) is 6.44. The van der Waals surface area contributed by atoms with Gasteiger partial charge in [0.05, 0.1) is 4.90 Å². The topological polar surface area (TPSA) is 93.2 Å². The number of benzene rings is 1. The van der Waals surface area contributed by atoms with Crippen molar-refractivity contribution in [2.24, 2.45) is 5.14 Å². The van der Waals surface area contributed by atoms with Crippen molar-refractivity contribution in [2.75, 3.05) is 0 Å². The molecule has 0 spiro atoms. The lowest BCUT2D eigenvalue weighted by molar-refractivity contribution is 0.248. The van der Waals surface area contributed by atoms with Crippen molar-refractivity contribution in [3.63, 3.8) is 0 Å². The molecule has 20 heavy (non-hydrogen) atoms. The lowest BCUT2D eigenvalue weighted by Gasteiger charge is -2.19. The number of ether oxygens (including phenoxy) is 1. The number of hydrogen-bond donors (Lipinski definition) is 1. The third-order valence-electron chi connectivity index (χ3n) is 3.02. The van der Waals surface area contributed by atoms with E-state index in [1.165, 1.54) is 6.07 Å². The number of nitrogens with two attached hydrogens (primary N) is 1. The number of primary sulfonamides is 1. The third-order valence-corrected chi connectivity index (χ3v) is 4.07. The molecule has 0 bridgehead atoms. The number of aryl methyl sites for hydroxylation is 1. The molecule has 2 N–H and O–H groups in total. The Labute approximate surface area is 120 Å². The Kier molecular flexibility index (Phi) is 5.15. The van der Waals surface area contributed by atoms with Crippen molar-refractivity contribution >= 4 is 10.0 Å². The van der Waals surface area contributed by atoms with E-state index in [4.69, 9.17) is 15.1 Å². The number of hydrogen-bond acceptors (Lipinski definition) is 4. The average Bonchev–Trinajstić information content (AvgIpc) is 2.33. The van der Waals surface area contributed by atoms with Gasteiger partial charge in [-0.25, -0.2) is 13.6 Å². The predicted molar refractivity (Wildman–Crippen MR) is 77.0 cm³/mol. The molecule has 0 aliphatic rings. The van der Waals surface area contributed by atoms with Gasteiger partial charge < -0.3 is 4.74 Å². The van der Waals surface area contributed by atoms with Crippen LogP contribution in [0.25, 0.3) is 0 Å². The molecule has 0 aromatic heterocycles. The van der Waals surface area contributed by atoms with E-state index in [-0.39, 0.29) is 10.8 Å². The van der Waals surface area contributed by atoms with E-state index in [9.17, 15) is 8.42 Å². The summed E-state index contributed by atoms with van der Waals surface area (Å²) in [5, 5.41) is 14.2. The fraction of sp³-hybridized carbons (Fsp3) is 0.500. The van der Waals surface area contributed by atoms with E-state index in [2.05, 4.69) is 6.07 Å². The summed E-state index contributed by atoms with van der Waals surface area (Å²) < 4.78 is 28.8. The van der Waals surface area contributed by atoms with E-state index in [0.29, 0.717) is 17.7 Å². The monoisotopic (exact) mass is 296 g/mol. The van der Waals surface area contributed by atoms with Gasteiger partial charge in [-0.15, -0.1) is 0 Å². The summed E-state index contributed by atoms with van der Waals surface area (Å²) in [4.78, 5) is 0.0959. The van der Waals surface area contributed by atoms with Gasteiger partial charge >= 0.3 is 0 Å². The Hall–Kier alpha value is -1.58. The van der Waals surface area contributed by atoms with E-state index in [1.54, 1.807) is 13.0 Å². The lowest BCUT2D eigenvalue weighted by atomic mass is 10.0. The molecule has 0 amide bonds. The van der Waals surface area contributed by atoms with Gasteiger partial charge in [-0.3, -0.25) is 0 Å². The smallest absolute Gasteiger partial charge is 0.238 e. The van der Waals surface area contributed by atoms with Gasteiger partial charge in [-0.2, -0.15) is 5.26 Å². The maximum absolute atomic E-state index is 11.6. The second kappa shape index (κ2) is 6.25. The quantitative estimate of drug-likeness (QED) is 0.903. The zero-order valence-corrected chi connectivity index (χ0v) is 13.0. The number of nitrogens with zero attached hydrogens (tertiary/aromatic N) is 1. The first kappa shape index (κ1) is 16.5. The zero-order valence-electron chi connectivity index (χ0n) is 12.2. The Morgan fingerprint density at radius 2 is 2.00 bits per heavy atom. The van der Waals surface area contributed by atoms with Crippen molar-refractivity contribution in [1.29, 1.82) is 5.26 Å². The molecule has 0 aliphatic heterocycles. The molecule has 0 heterocycles. The van der Waals surface area contributed by atoms with Crippen LogP contribution in [0, 0.1) is 18.3 Å². The Bertz CT molecular complexity index is 631. The minimum atomic E-state index is -3.77. The van der Waals surface area contributed by atoms with E-state index in [0.717, 1.165) is 5.56 Å². The van der Waals surface area contributed by atoms with Crippen molar-refractivity contribution < 1.29 is 13.2 Å². The Balaban J connectivity index is 3.40. The largest absolute Gasteiger partial charge is 0.475 e. The highest BCUT2D eigenvalue weighted by atomic mass is 32.2. The van der Waals surface area contributed by atoms with Crippen LogP contribution in [0.15, 0.2) is 17.0 Å². The van der Waals surface area contributed by atoms with Crippen LogP contribution in [0.5, 0.6) is 5.75 Å². The van der Waals surface area contributed by atoms with Crippen molar-refractivity contribution in [3.8, 4) is 11.8 Å². The fourth-order valence-electron chi connectivity index (χ4n) is 1.89. The number of sulfonamides is 1. The Morgan fingerprint density at radius 1 is 1.40 bits per heavy atom. The maximum Gasteiger partial charge on any atom is 0.238 e. The molecule has 110 valence electrons. The fourth-order valence-corrected chi connectivity index (χ4v) is 2.69. The van der Waals surface area contributed by atoms with Crippen molar-refractivity contribution in [1.82, 2.24) is 0 Å². The van der Waals surface area contributed by atoms with Crippen LogP contribution < -0.4 is 9.88 Å². The Morgan fingerprint density at radius 3 is 2.40 bits per heavy atom. The van der Waals surface area contributed by atoms with Crippen LogP contribution in [0.1, 0.15) is 44.2 Å². The molecule has 0 saturated carbocycles. The van der Waals surface area contributed by atoms with Crippen LogP contribution in [0.2, 0.25) is 0 Å². The standard InChI is InChI=1S/C14H20N2O3S/c1-5-11(8-15)19-13-6-10(4)14(20(16,17)18)7-12(13)9(2)3/h6-7,9,11H,5H2,1-4H3,(H2,16,17,18). The molecule has 6 heteroatoms. The highest BCUT2D eigenvalue weighted by Crippen LogP contribution is 2.32. The summed E-state index contributed by atoms with van der Waals surface area (Å²) >= 11 is 0. The molecule has 5 nitrogen and oxygen atoms in total. The molecule has 1 aromatic rings. The van der Waals surface area contributed by atoms with E-state index in [1.807, 2.05) is 20.8 Å². The molecule has 1 unspecified atom stereocenters. The molecule has 1 aromatic carbocycles. The van der Waals surface area contributed by atoms with Crippen LogP contribution in [-0.2, 0) is 10.0 Å². The summed E-state index contributed by atoms with van der Waals surface area (Å²) in [6, 6.07) is 5.24. The maximum atomic E-state index is 11.6. The van der Waals surface area contributed by atoms with Gasteiger partial charge in [0.2, 0.25) is 10.0 Å². The predicted octanol–water partition coefficient (Wildman–Crippen LogP) is 2.45. The zero-order chi connectivity index (χ0) is 15.5. The van der Waals surface area contributed by atoms with Gasteiger partial charge in [-0.05, 0) is 42.5 Å². The van der Waals surface area contributed by atoms with E-state index >= 15 is 0 Å². The average molecular weight is 296 g/mol. The van der Waals surface area contributed by atoms with Gasteiger partial charge in [-0.1, -0.05) is 20.8 Å². The summed E-state index contributed by atoms with van der Waals surface area (Å²) in [6.07, 6.45) is 0.0107. The summed E-state index contributed by atoms with van der Waals surface area (Å²) in [7, 11) is -3.77. The molecule has 1 atom stereocenters. The van der Waals surface area contributed by atoms with Gasteiger partial charge in [0.25, 0.3) is 0 Å². The first-order valence-corrected chi connectivity index (χ1v) is 7.99. The second-order valence-electron chi connectivity index (χ2n) is 5.00.